The number of Topliss-reactive ketones (excluding diaryl/α,β-unsaturated/α-hetero) is 1. The van der Waals surface area contributed by atoms with E-state index in [0.29, 0.717) is 0 Å². The van der Waals surface area contributed by atoms with Gasteiger partial charge >= 0.3 is 0 Å². The first-order valence-corrected chi connectivity index (χ1v) is 13.0. The molecule has 0 radical (unpaired) electrons. The van der Waals surface area contributed by atoms with Crippen LogP contribution in [0.4, 0.5) is 0 Å². The summed E-state index contributed by atoms with van der Waals surface area (Å²) in [6.07, 6.45) is 11.5. The fraction of sp³-hybridized carbons (Fsp3) is 0.147. The highest BCUT2D eigenvalue weighted by atomic mass is 79.9. The van der Waals surface area contributed by atoms with Crippen LogP contribution in [0.3, 0.4) is 0 Å². The van der Waals surface area contributed by atoms with Crippen molar-refractivity contribution in [1.29, 1.82) is 0 Å². The maximum Gasteiger partial charge on any atom is 0.228 e. The molecule has 7 rings (SSSR count). The zero-order valence-corrected chi connectivity index (χ0v) is 22.5. The number of carbonyl (C=O) groups is 2. The average molecular weight is 560 g/mol. The molecular weight excluding hydrogens is 534 g/mol. The number of rotatable bonds is 6. The number of nitrogens with zero attached hydrogens (tertiary/aromatic N) is 1. The Morgan fingerprint density at radius 3 is 1.79 bits per heavy atom. The van der Waals surface area contributed by atoms with Gasteiger partial charge in [0.25, 0.3) is 0 Å². The van der Waals surface area contributed by atoms with Gasteiger partial charge in [0.2, 0.25) is 12.3 Å². The van der Waals surface area contributed by atoms with Crippen molar-refractivity contribution in [3.8, 4) is 0 Å². The van der Waals surface area contributed by atoms with E-state index in [1.54, 1.807) is 6.08 Å². The average Bonchev–Trinajstić information content (AvgIpc) is 3.55. The van der Waals surface area contributed by atoms with Gasteiger partial charge in [0.05, 0.1) is 0 Å². The number of ketones is 2. The largest absolute Gasteiger partial charge is 1.00 e. The molecule has 4 heteroatoms. The predicted molar refractivity (Wildman–Crippen MR) is 147 cm³/mol. The fourth-order valence-electron chi connectivity index (χ4n) is 6.15. The molecule has 3 nitrogen and oxygen atoms in total. The summed E-state index contributed by atoms with van der Waals surface area (Å²) in [5, 5.41) is 4.64. The first-order chi connectivity index (χ1) is 18.2. The van der Waals surface area contributed by atoms with Crippen LogP contribution < -0.4 is 21.5 Å². The van der Waals surface area contributed by atoms with Crippen molar-refractivity contribution in [2.24, 2.45) is 0 Å². The monoisotopic (exact) mass is 559 g/mol. The first kappa shape index (κ1) is 24.4. The van der Waals surface area contributed by atoms with Crippen LogP contribution in [-0.4, -0.2) is 11.6 Å². The molecule has 1 heterocycles. The van der Waals surface area contributed by atoms with Crippen molar-refractivity contribution in [3.63, 3.8) is 0 Å². The van der Waals surface area contributed by atoms with Crippen LogP contribution in [-0.2, 0) is 32.2 Å². The van der Waals surface area contributed by atoms with Crippen LogP contribution in [0.15, 0.2) is 91.3 Å². The molecule has 5 aromatic rings. The van der Waals surface area contributed by atoms with Gasteiger partial charge in [0, 0.05) is 23.3 Å². The molecule has 2 aliphatic rings. The standard InChI is InChI=1S/C34H26NO2.BrH/c36-31(27-14-12-25-10-8-23-3-1-5-29(27)33(23)25)16-7-22-17-19-35(20-18-22)21-32(37)28-15-13-26-11-9-24-4-2-6-30(28)34(24)26;/h1-7,12-20H,8-11,21H2;1H/q+1;/p-1/b16-7+;. The van der Waals surface area contributed by atoms with E-state index in [-0.39, 0.29) is 35.1 Å². The third kappa shape index (κ3) is 4.10. The second kappa shape index (κ2) is 9.77. The zero-order chi connectivity index (χ0) is 24.9. The Labute approximate surface area is 232 Å². The smallest absolute Gasteiger partial charge is 0.228 e. The van der Waals surface area contributed by atoms with E-state index in [1.165, 1.54) is 33.0 Å². The summed E-state index contributed by atoms with van der Waals surface area (Å²) in [5.41, 5.74) is 7.83. The van der Waals surface area contributed by atoms with Crippen LogP contribution in [0, 0.1) is 0 Å². The number of aromatic nitrogens is 1. The molecule has 4 aromatic carbocycles. The number of hydrogen-bond donors (Lipinski definition) is 0. The number of aryl methyl sites for hydroxylation is 4. The summed E-state index contributed by atoms with van der Waals surface area (Å²) in [5.74, 6) is 0.112. The van der Waals surface area contributed by atoms with Gasteiger partial charge in [0.15, 0.2) is 18.2 Å². The quantitative estimate of drug-likeness (QED) is 0.182. The van der Waals surface area contributed by atoms with Gasteiger partial charge < -0.3 is 17.0 Å². The lowest BCUT2D eigenvalue weighted by atomic mass is 9.97. The van der Waals surface area contributed by atoms with Gasteiger partial charge in [-0.15, -0.1) is 0 Å². The number of benzene rings is 4. The Kier molecular flexibility index (Phi) is 6.29. The van der Waals surface area contributed by atoms with Crippen LogP contribution in [0.25, 0.3) is 27.6 Å². The van der Waals surface area contributed by atoms with Gasteiger partial charge in [-0.25, -0.2) is 0 Å². The van der Waals surface area contributed by atoms with E-state index >= 15 is 0 Å². The number of hydrogen-bond acceptors (Lipinski definition) is 2. The maximum atomic E-state index is 13.2. The van der Waals surface area contributed by atoms with Gasteiger partial charge in [-0.05, 0) is 81.1 Å². The third-order valence-corrected chi connectivity index (χ3v) is 7.99. The topological polar surface area (TPSA) is 38.0 Å². The number of pyridine rings is 1. The first-order valence-electron chi connectivity index (χ1n) is 13.0. The van der Waals surface area contributed by atoms with Gasteiger partial charge in [-0.1, -0.05) is 66.7 Å². The molecule has 0 atom stereocenters. The molecule has 0 bridgehead atoms. The highest BCUT2D eigenvalue weighted by Crippen LogP contribution is 2.34. The molecule has 0 aliphatic heterocycles. The molecule has 0 N–H and O–H groups in total. The van der Waals surface area contributed by atoms with Crippen molar-refractivity contribution in [2.75, 3.05) is 0 Å². The SMILES string of the molecule is O=C(/C=C/c1cc[n+](CC(=O)c2ccc3c4c(cccc24)CC3)cc1)c1ccc2c3c(cccc13)CC2.[Br-]. The highest BCUT2D eigenvalue weighted by Gasteiger charge is 2.21. The van der Waals surface area contributed by atoms with Crippen molar-refractivity contribution in [3.05, 3.63) is 130 Å². The van der Waals surface area contributed by atoms with Crippen molar-refractivity contribution in [2.45, 2.75) is 32.2 Å². The highest BCUT2D eigenvalue weighted by molar-refractivity contribution is 6.16. The van der Waals surface area contributed by atoms with Crippen molar-refractivity contribution in [1.82, 2.24) is 0 Å². The van der Waals surface area contributed by atoms with Crippen LogP contribution in [0.2, 0.25) is 0 Å². The van der Waals surface area contributed by atoms with E-state index in [0.717, 1.165) is 53.1 Å². The normalized spacial score (nSPS) is 13.4. The summed E-state index contributed by atoms with van der Waals surface area (Å²) in [6, 6.07) is 24.6. The summed E-state index contributed by atoms with van der Waals surface area (Å²) < 4.78 is 1.90. The summed E-state index contributed by atoms with van der Waals surface area (Å²) >= 11 is 0. The van der Waals surface area contributed by atoms with Crippen molar-refractivity contribution < 1.29 is 31.1 Å². The van der Waals surface area contributed by atoms with E-state index in [4.69, 9.17) is 0 Å². The van der Waals surface area contributed by atoms with Gasteiger partial charge in [0.1, 0.15) is 0 Å². The van der Waals surface area contributed by atoms with Crippen LogP contribution in [0.1, 0.15) is 48.5 Å². The summed E-state index contributed by atoms with van der Waals surface area (Å²) in [6.45, 7) is 0.280. The lowest BCUT2D eigenvalue weighted by molar-refractivity contribution is -0.683. The number of halogens is 1. The minimum Gasteiger partial charge on any atom is -1.00 e. The van der Waals surface area contributed by atoms with E-state index in [9.17, 15) is 9.59 Å². The molecule has 0 amide bonds. The number of allylic oxidation sites excluding steroid dienone is 1. The molecule has 0 saturated carbocycles. The Balaban J connectivity index is 0.00000264. The minimum atomic E-state index is 0. The minimum absolute atomic E-state index is 0. The molecule has 1 aromatic heterocycles. The molecule has 38 heavy (non-hydrogen) atoms. The number of carbonyl (C=O) groups excluding carboxylic acids is 2. The third-order valence-electron chi connectivity index (χ3n) is 7.99. The second-order valence-electron chi connectivity index (χ2n) is 10.1. The molecule has 186 valence electrons. The Hall–Kier alpha value is -3.89. The van der Waals surface area contributed by atoms with Gasteiger partial charge in [-0.3, -0.25) is 9.59 Å². The predicted octanol–water partition coefficient (Wildman–Crippen LogP) is 3.26. The molecular formula is C34H26BrNO2. The maximum absolute atomic E-state index is 13.2. The zero-order valence-electron chi connectivity index (χ0n) is 20.9. The van der Waals surface area contributed by atoms with Gasteiger partial charge in [-0.2, -0.15) is 4.57 Å². The molecule has 0 fully saturated rings. The second-order valence-corrected chi connectivity index (χ2v) is 10.1. The Bertz CT molecular complexity index is 1760. The van der Waals surface area contributed by atoms with E-state index < -0.39 is 0 Å². The lowest BCUT2D eigenvalue weighted by Gasteiger charge is -2.07. The molecule has 0 spiro atoms. The molecule has 0 saturated heterocycles. The van der Waals surface area contributed by atoms with Crippen LogP contribution >= 0.6 is 0 Å². The summed E-state index contributed by atoms with van der Waals surface area (Å²) in [7, 11) is 0. The van der Waals surface area contributed by atoms with E-state index in [2.05, 4.69) is 42.5 Å². The van der Waals surface area contributed by atoms with E-state index in [1.807, 2.05) is 53.4 Å². The fourth-order valence-corrected chi connectivity index (χ4v) is 6.15. The Morgan fingerprint density at radius 1 is 0.658 bits per heavy atom. The molecule has 0 unspecified atom stereocenters. The molecule has 2 aliphatic carbocycles. The Morgan fingerprint density at radius 2 is 1.18 bits per heavy atom. The van der Waals surface area contributed by atoms with Crippen LogP contribution in [0.5, 0.6) is 0 Å². The van der Waals surface area contributed by atoms with Crippen molar-refractivity contribution >= 4 is 39.2 Å². The lowest BCUT2D eigenvalue weighted by Crippen LogP contribution is -3.00. The summed E-state index contributed by atoms with van der Waals surface area (Å²) in [4.78, 5) is 26.3.